The Hall–Kier alpha value is -1.65. The van der Waals surface area contributed by atoms with Gasteiger partial charge in [-0.25, -0.2) is 4.98 Å². The number of imidazole rings is 1. The zero-order chi connectivity index (χ0) is 15.1. The molecule has 2 heterocycles. The van der Waals surface area contributed by atoms with Gasteiger partial charge in [-0.15, -0.1) is 0 Å². The number of aliphatic imine (C=N–C) groups is 1. The zero-order valence-corrected chi connectivity index (χ0v) is 13.1. The van der Waals surface area contributed by atoms with Crippen LogP contribution in [-0.2, 0) is 6.42 Å². The Labute approximate surface area is 129 Å². The number of benzene rings is 1. The fourth-order valence-electron chi connectivity index (χ4n) is 2.86. The van der Waals surface area contributed by atoms with Gasteiger partial charge in [-0.05, 0) is 38.5 Å². The maximum atomic E-state index is 10.4. The lowest BCUT2D eigenvalue weighted by molar-refractivity contribution is 0.177. The number of aliphatic hydroxyl groups excluding tert-OH is 1. The molecule has 3 rings (SSSR count). The number of aliphatic hydroxyl groups is 1. The molecular formula is C16H18ClN3O. The van der Waals surface area contributed by atoms with E-state index < -0.39 is 6.23 Å². The lowest BCUT2D eigenvalue weighted by atomic mass is 10.1. The third-order valence-corrected chi connectivity index (χ3v) is 4.06. The monoisotopic (exact) mass is 303 g/mol. The van der Waals surface area contributed by atoms with Gasteiger partial charge in [0.2, 0.25) is 6.23 Å². The molecule has 0 amide bonds. The Bertz CT molecular complexity index is 733. The summed E-state index contributed by atoms with van der Waals surface area (Å²) >= 11 is 6.12. The predicted octanol–water partition coefficient (Wildman–Crippen LogP) is 3.60. The van der Waals surface area contributed by atoms with Gasteiger partial charge in [0.05, 0.1) is 11.4 Å². The molecule has 0 saturated heterocycles. The first-order chi connectivity index (χ1) is 10.0. The highest BCUT2D eigenvalue weighted by atomic mass is 35.5. The molecule has 0 spiro atoms. The zero-order valence-electron chi connectivity index (χ0n) is 12.4. The number of aryl methyl sites for hydroxylation is 1. The summed E-state index contributed by atoms with van der Waals surface area (Å²) in [5, 5.41) is 11.0. The first-order valence-corrected chi connectivity index (χ1v) is 7.51. The van der Waals surface area contributed by atoms with Gasteiger partial charge in [0.15, 0.2) is 5.82 Å². The molecule has 5 heteroatoms. The molecule has 1 atom stereocenters. The normalized spacial score (nSPS) is 17.0. The highest BCUT2D eigenvalue weighted by Gasteiger charge is 2.26. The van der Waals surface area contributed by atoms with E-state index in [9.17, 15) is 5.11 Å². The van der Waals surface area contributed by atoms with E-state index >= 15 is 0 Å². The maximum absolute atomic E-state index is 10.4. The van der Waals surface area contributed by atoms with Gasteiger partial charge in [-0.1, -0.05) is 24.9 Å². The smallest absolute Gasteiger partial charge is 0.204 e. The number of hydrogen-bond acceptors (Lipinski definition) is 3. The second-order valence-corrected chi connectivity index (χ2v) is 5.77. The van der Waals surface area contributed by atoms with Crippen LogP contribution in [0.4, 0.5) is 0 Å². The predicted molar refractivity (Wildman–Crippen MR) is 84.5 cm³/mol. The summed E-state index contributed by atoms with van der Waals surface area (Å²) in [5.41, 5.74) is 4.76. The van der Waals surface area contributed by atoms with Crippen molar-refractivity contribution in [1.82, 2.24) is 9.55 Å². The average Bonchev–Trinajstić information content (AvgIpc) is 2.72. The van der Waals surface area contributed by atoms with Crippen LogP contribution in [0.25, 0.3) is 5.69 Å². The SMILES string of the molecule is CCCc1c(C)nc2n1-c1ccc(Cl)cc1C(C)=NC2O. The highest BCUT2D eigenvalue weighted by Crippen LogP contribution is 2.31. The Morgan fingerprint density at radius 1 is 1.33 bits per heavy atom. The molecular weight excluding hydrogens is 286 g/mol. The summed E-state index contributed by atoms with van der Waals surface area (Å²) in [6, 6.07) is 5.72. The minimum Gasteiger partial charge on any atom is -0.365 e. The van der Waals surface area contributed by atoms with E-state index in [0.717, 1.165) is 41.2 Å². The van der Waals surface area contributed by atoms with Crippen molar-refractivity contribution in [1.29, 1.82) is 0 Å². The van der Waals surface area contributed by atoms with E-state index in [0.29, 0.717) is 10.8 Å². The summed E-state index contributed by atoms with van der Waals surface area (Å²) in [4.78, 5) is 8.88. The second kappa shape index (κ2) is 5.28. The highest BCUT2D eigenvalue weighted by molar-refractivity contribution is 6.31. The first-order valence-electron chi connectivity index (χ1n) is 7.13. The number of fused-ring (bicyclic) bond motifs is 3. The van der Waals surface area contributed by atoms with Gasteiger partial charge in [0.1, 0.15) is 0 Å². The summed E-state index contributed by atoms with van der Waals surface area (Å²) in [6.45, 7) is 6.00. The summed E-state index contributed by atoms with van der Waals surface area (Å²) in [6.07, 6.45) is 0.984. The van der Waals surface area contributed by atoms with Crippen LogP contribution >= 0.6 is 11.6 Å². The molecule has 0 fully saturated rings. The molecule has 1 aromatic heterocycles. The Morgan fingerprint density at radius 2 is 2.10 bits per heavy atom. The molecule has 1 aliphatic heterocycles. The van der Waals surface area contributed by atoms with Crippen molar-refractivity contribution in [2.24, 2.45) is 4.99 Å². The lowest BCUT2D eigenvalue weighted by Gasteiger charge is -2.14. The molecule has 1 unspecified atom stereocenters. The van der Waals surface area contributed by atoms with E-state index in [2.05, 4.69) is 16.9 Å². The van der Waals surface area contributed by atoms with Crippen molar-refractivity contribution in [3.8, 4) is 5.69 Å². The van der Waals surface area contributed by atoms with Gasteiger partial charge < -0.3 is 5.11 Å². The van der Waals surface area contributed by atoms with E-state index in [1.165, 1.54) is 0 Å². The molecule has 0 bridgehead atoms. The second-order valence-electron chi connectivity index (χ2n) is 5.34. The molecule has 4 nitrogen and oxygen atoms in total. The van der Waals surface area contributed by atoms with E-state index in [4.69, 9.17) is 11.6 Å². The topological polar surface area (TPSA) is 50.4 Å². The molecule has 0 radical (unpaired) electrons. The Morgan fingerprint density at radius 3 is 2.81 bits per heavy atom. The van der Waals surface area contributed by atoms with Gasteiger partial charge in [-0.3, -0.25) is 9.56 Å². The van der Waals surface area contributed by atoms with Crippen molar-refractivity contribution in [3.05, 3.63) is 46.0 Å². The van der Waals surface area contributed by atoms with Crippen molar-refractivity contribution in [2.45, 2.75) is 39.8 Å². The lowest BCUT2D eigenvalue weighted by Crippen LogP contribution is -2.08. The number of nitrogens with zero attached hydrogens (tertiary/aromatic N) is 3. The van der Waals surface area contributed by atoms with Crippen molar-refractivity contribution < 1.29 is 5.11 Å². The third-order valence-electron chi connectivity index (χ3n) is 3.82. The number of aromatic nitrogens is 2. The largest absolute Gasteiger partial charge is 0.365 e. The quantitative estimate of drug-likeness (QED) is 0.921. The van der Waals surface area contributed by atoms with Crippen molar-refractivity contribution >= 4 is 17.3 Å². The maximum Gasteiger partial charge on any atom is 0.204 e. The first kappa shape index (κ1) is 14.3. The van der Waals surface area contributed by atoms with Crippen molar-refractivity contribution in [2.75, 3.05) is 0 Å². The van der Waals surface area contributed by atoms with Crippen LogP contribution in [0.15, 0.2) is 23.2 Å². The van der Waals surface area contributed by atoms with Crippen LogP contribution in [0.3, 0.4) is 0 Å². The van der Waals surface area contributed by atoms with Crippen LogP contribution in [0, 0.1) is 6.92 Å². The minimum absolute atomic E-state index is 0.580. The van der Waals surface area contributed by atoms with Crippen LogP contribution in [0.1, 0.15) is 49.3 Å². The summed E-state index contributed by atoms with van der Waals surface area (Å²) < 4.78 is 2.04. The van der Waals surface area contributed by atoms with Crippen LogP contribution < -0.4 is 0 Å². The molecule has 1 aromatic carbocycles. The van der Waals surface area contributed by atoms with Crippen LogP contribution in [0.2, 0.25) is 5.02 Å². The van der Waals surface area contributed by atoms with Crippen molar-refractivity contribution in [3.63, 3.8) is 0 Å². The van der Waals surface area contributed by atoms with Crippen LogP contribution in [-0.4, -0.2) is 20.4 Å². The fourth-order valence-corrected chi connectivity index (χ4v) is 3.03. The number of hydrogen-bond donors (Lipinski definition) is 1. The van der Waals surface area contributed by atoms with Gasteiger partial charge in [0, 0.05) is 22.0 Å². The van der Waals surface area contributed by atoms with E-state index in [1.807, 2.05) is 36.6 Å². The Kier molecular flexibility index (Phi) is 3.59. The van der Waals surface area contributed by atoms with Gasteiger partial charge in [-0.2, -0.15) is 0 Å². The molecule has 0 saturated carbocycles. The summed E-state index contributed by atoms with van der Waals surface area (Å²) in [5.74, 6) is 0.580. The molecule has 2 aromatic rings. The summed E-state index contributed by atoms with van der Waals surface area (Å²) in [7, 11) is 0. The van der Waals surface area contributed by atoms with Gasteiger partial charge in [0.25, 0.3) is 0 Å². The van der Waals surface area contributed by atoms with E-state index in [1.54, 1.807) is 0 Å². The average molecular weight is 304 g/mol. The molecule has 0 aliphatic carbocycles. The molecule has 1 aliphatic rings. The standard InChI is InChI=1S/C16H18ClN3O/c1-4-5-13-10(3)18-15-16(21)19-9(2)12-8-11(17)6-7-14(12)20(13)15/h6-8,16,21H,4-5H2,1-3H3. The minimum atomic E-state index is -0.944. The number of rotatable bonds is 2. The fraction of sp³-hybridized carbons (Fsp3) is 0.375. The number of halogens is 1. The third kappa shape index (κ3) is 2.28. The van der Waals surface area contributed by atoms with Gasteiger partial charge >= 0.3 is 0 Å². The molecule has 21 heavy (non-hydrogen) atoms. The molecule has 110 valence electrons. The molecule has 1 N–H and O–H groups in total. The van der Waals surface area contributed by atoms with E-state index in [-0.39, 0.29) is 0 Å². The Balaban J connectivity index is 2.35. The van der Waals surface area contributed by atoms with Crippen LogP contribution in [0.5, 0.6) is 0 Å².